The molecule has 1 aromatic carbocycles. The van der Waals surface area contributed by atoms with Crippen LogP contribution in [0.25, 0.3) is 0 Å². The summed E-state index contributed by atoms with van der Waals surface area (Å²) in [6.07, 6.45) is -4.56. The van der Waals surface area contributed by atoms with E-state index >= 15 is 0 Å². The summed E-state index contributed by atoms with van der Waals surface area (Å²) in [6, 6.07) is 1.80. The second-order valence-corrected chi connectivity index (χ2v) is 4.55. The molecule has 0 radical (unpaired) electrons. The lowest BCUT2D eigenvalue weighted by molar-refractivity contribution is -0.138. The Bertz CT molecular complexity index is 552. The van der Waals surface area contributed by atoms with Crippen molar-refractivity contribution >= 4 is 45.1 Å². The number of hydrogen-bond donors (Lipinski definition) is 3. The normalized spacial score (nSPS) is 12.4. The lowest BCUT2D eigenvalue weighted by atomic mass is 10.2. The Morgan fingerprint density at radius 3 is 2.26 bits per heavy atom. The maximum absolute atomic E-state index is 12.7. The van der Waals surface area contributed by atoms with Crippen molar-refractivity contribution in [3.8, 4) is 0 Å². The Kier molecular flexibility index (Phi) is 4.64. The van der Waals surface area contributed by atoms with Gasteiger partial charge in [0.1, 0.15) is 0 Å². The Balaban J connectivity index is 3.34. The summed E-state index contributed by atoms with van der Waals surface area (Å²) in [5, 5.41) is -0.0337. The van der Waals surface area contributed by atoms with Gasteiger partial charge in [0.05, 0.1) is 16.3 Å². The highest BCUT2D eigenvalue weighted by atomic mass is 79.9. The zero-order valence-corrected chi connectivity index (χ0v) is 11.5. The average molecular weight is 359 g/mol. The maximum Gasteiger partial charge on any atom is 0.417 e. The first-order valence-electron chi connectivity index (χ1n) is 4.61. The molecule has 0 aromatic heterocycles. The Morgan fingerprint density at radius 2 is 1.79 bits per heavy atom. The number of guanidine groups is 2. The Labute approximate surface area is 119 Å². The van der Waals surface area contributed by atoms with Gasteiger partial charge in [-0.2, -0.15) is 18.2 Å². The van der Waals surface area contributed by atoms with Crippen molar-refractivity contribution in [1.29, 1.82) is 0 Å². The molecule has 0 aliphatic heterocycles. The summed E-state index contributed by atoms with van der Waals surface area (Å²) in [5.74, 6) is -0.775. The highest BCUT2D eigenvalue weighted by Crippen LogP contribution is 2.40. The first-order valence-corrected chi connectivity index (χ1v) is 5.78. The summed E-state index contributed by atoms with van der Waals surface area (Å²) in [6.45, 7) is 0. The van der Waals surface area contributed by atoms with Gasteiger partial charge in [0, 0.05) is 4.47 Å². The topological polar surface area (TPSA) is 103 Å². The van der Waals surface area contributed by atoms with E-state index in [9.17, 15) is 13.2 Å². The molecule has 0 fully saturated rings. The largest absolute Gasteiger partial charge is 0.417 e. The lowest BCUT2D eigenvalue weighted by Crippen LogP contribution is -2.26. The van der Waals surface area contributed by atoms with Gasteiger partial charge in [-0.25, -0.2) is 4.99 Å². The minimum Gasteiger partial charge on any atom is -0.370 e. The van der Waals surface area contributed by atoms with E-state index in [2.05, 4.69) is 25.9 Å². The SMILES string of the molecule is NC(N)=NC(N)=Nc1cc(C(F)(F)F)c(Br)cc1Cl. The van der Waals surface area contributed by atoms with Crippen molar-refractivity contribution in [3.63, 3.8) is 0 Å². The summed E-state index contributed by atoms with van der Waals surface area (Å²) in [7, 11) is 0. The van der Waals surface area contributed by atoms with Crippen LogP contribution in [0.3, 0.4) is 0 Å². The summed E-state index contributed by atoms with van der Waals surface area (Å²) in [4.78, 5) is 6.98. The number of benzene rings is 1. The van der Waals surface area contributed by atoms with Crippen molar-refractivity contribution in [1.82, 2.24) is 0 Å². The quantitative estimate of drug-likeness (QED) is 0.530. The molecule has 5 nitrogen and oxygen atoms in total. The van der Waals surface area contributed by atoms with E-state index in [1.54, 1.807) is 0 Å². The molecular weight excluding hydrogens is 350 g/mol. The Morgan fingerprint density at radius 1 is 1.21 bits per heavy atom. The van der Waals surface area contributed by atoms with Crippen LogP contribution in [0.5, 0.6) is 0 Å². The molecule has 0 spiro atoms. The molecule has 10 heteroatoms. The van der Waals surface area contributed by atoms with E-state index in [0.29, 0.717) is 0 Å². The summed E-state index contributed by atoms with van der Waals surface area (Å²) in [5.41, 5.74) is 14.3. The average Bonchev–Trinajstić information content (AvgIpc) is 2.18. The fourth-order valence-corrected chi connectivity index (χ4v) is 2.03. The second kappa shape index (κ2) is 5.66. The van der Waals surface area contributed by atoms with Crippen LogP contribution in [0, 0.1) is 0 Å². The van der Waals surface area contributed by atoms with Gasteiger partial charge in [-0.15, -0.1) is 0 Å². The minimum atomic E-state index is -4.56. The van der Waals surface area contributed by atoms with Gasteiger partial charge in [0.15, 0.2) is 5.96 Å². The molecule has 0 unspecified atom stereocenters. The van der Waals surface area contributed by atoms with E-state index in [4.69, 9.17) is 28.8 Å². The molecule has 1 aromatic rings. The zero-order chi connectivity index (χ0) is 14.8. The predicted octanol–water partition coefficient (Wildman–Crippen LogP) is 2.34. The third-order valence-corrected chi connectivity index (χ3v) is 2.78. The van der Waals surface area contributed by atoms with Gasteiger partial charge in [0.25, 0.3) is 0 Å². The smallest absolute Gasteiger partial charge is 0.370 e. The lowest BCUT2D eigenvalue weighted by Gasteiger charge is -2.10. The first-order chi connectivity index (χ1) is 8.61. The molecule has 0 aliphatic carbocycles. The minimum absolute atomic E-state index is 0.0337. The number of aliphatic imine (C=N–C) groups is 2. The fourth-order valence-electron chi connectivity index (χ4n) is 1.12. The zero-order valence-electron chi connectivity index (χ0n) is 9.17. The van der Waals surface area contributed by atoms with Crippen LogP contribution in [0.15, 0.2) is 26.6 Å². The van der Waals surface area contributed by atoms with Crippen LogP contribution in [0.2, 0.25) is 5.02 Å². The molecule has 0 heterocycles. The van der Waals surface area contributed by atoms with Crippen LogP contribution in [-0.2, 0) is 6.18 Å². The molecule has 6 N–H and O–H groups in total. The highest BCUT2D eigenvalue weighted by molar-refractivity contribution is 9.10. The van der Waals surface area contributed by atoms with Crippen molar-refractivity contribution in [2.45, 2.75) is 6.18 Å². The molecule has 0 aliphatic rings. The van der Waals surface area contributed by atoms with Crippen molar-refractivity contribution in [2.24, 2.45) is 27.2 Å². The first kappa shape index (κ1) is 15.6. The molecular formula is C9H8BrClF3N5. The molecule has 0 bridgehead atoms. The van der Waals surface area contributed by atoms with Crippen molar-refractivity contribution in [2.75, 3.05) is 0 Å². The molecule has 0 amide bonds. The van der Waals surface area contributed by atoms with Crippen LogP contribution < -0.4 is 17.2 Å². The van der Waals surface area contributed by atoms with E-state index < -0.39 is 17.7 Å². The third-order valence-electron chi connectivity index (χ3n) is 1.82. The molecule has 0 saturated carbocycles. The van der Waals surface area contributed by atoms with Gasteiger partial charge >= 0.3 is 6.18 Å². The molecule has 0 atom stereocenters. The number of rotatable bonds is 1. The fraction of sp³-hybridized carbons (Fsp3) is 0.111. The number of alkyl halides is 3. The number of hydrogen-bond acceptors (Lipinski definition) is 1. The van der Waals surface area contributed by atoms with Crippen molar-refractivity contribution < 1.29 is 13.2 Å². The molecule has 19 heavy (non-hydrogen) atoms. The predicted molar refractivity (Wildman–Crippen MR) is 71.2 cm³/mol. The molecule has 104 valence electrons. The van der Waals surface area contributed by atoms with Gasteiger partial charge in [-0.3, -0.25) is 0 Å². The van der Waals surface area contributed by atoms with Crippen LogP contribution in [-0.4, -0.2) is 11.9 Å². The molecule has 0 saturated heterocycles. The van der Waals surface area contributed by atoms with E-state index in [1.807, 2.05) is 0 Å². The van der Waals surface area contributed by atoms with E-state index in [1.165, 1.54) is 0 Å². The van der Waals surface area contributed by atoms with Gasteiger partial charge < -0.3 is 17.2 Å². The van der Waals surface area contributed by atoms with Crippen LogP contribution in [0.1, 0.15) is 5.56 Å². The van der Waals surface area contributed by atoms with Gasteiger partial charge in [-0.05, 0) is 12.1 Å². The number of nitrogens with zero attached hydrogens (tertiary/aromatic N) is 2. The van der Waals surface area contributed by atoms with Crippen molar-refractivity contribution in [3.05, 3.63) is 27.2 Å². The number of nitrogens with two attached hydrogens (primary N) is 3. The van der Waals surface area contributed by atoms with Gasteiger partial charge in [-0.1, -0.05) is 27.5 Å². The summed E-state index contributed by atoms with van der Waals surface area (Å²) >= 11 is 8.53. The van der Waals surface area contributed by atoms with Crippen LogP contribution >= 0.6 is 27.5 Å². The Hall–Kier alpha value is -1.48. The summed E-state index contributed by atoms with van der Waals surface area (Å²) < 4.78 is 37.9. The van der Waals surface area contributed by atoms with E-state index in [0.717, 1.165) is 12.1 Å². The second-order valence-electron chi connectivity index (χ2n) is 3.29. The third kappa shape index (κ3) is 4.28. The van der Waals surface area contributed by atoms with E-state index in [-0.39, 0.29) is 21.1 Å². The van der Waals surface area contributed by atoms with Crippen LogP contribution in [0.4, 0.5) is 18.9 Å². The monoisotopic (exact) mass is 357 g/mol. The maximum atomic E-state index is 12.7. The highest BCUT2D eigenvalue weighted by Gasteiger charge is 2.33. The van der Waals surface area contributed by atoms with Gasteiger partial charge in [0.2, 0.25) is 5.96 Å². The standard InChI is InChI=1S/C9H8BrClF3N5/c10-4-2-5(11)6(1-3(4)9(12,13)14)18-8(17)19-7(15)16/h1-2H,(H6,15,16,17,18,19). The molecule has 1 rings (SSSR count). The number of halogens is 5.